The average Bonchev–Trinajstić information content (AvgIpc) is 2.15. The molecule has 0 unspecified atom stereocenters. The summed E-state index contributed by atoms with van der Waals surface area (Å²) in [6.07, 6.45) is 14.1. The zero-order valence-electron chi connectivity index (χ0n) is 10.6. The molecule has 0 aliphatic heterocycles. The molecule has 0 radical (unpaired) electrons. The van der Waals surface area contributed by atoms with Gasteiger partial charge in [0.05, 0.1) is 0 Å². The van der Waals surface area contributed by atoms with Gasteiger partial charge in [0.25, 0.3) is 0 Å². The monoisotopic (exact) mass is 204 g/mol. The lowest BCUT2D eigenvalue weighted by Crippen LogP contribution is -2.05. The van der Waals surface area contributed by atoms with E-state index in [1.165, 1.54) is 24.0 Å². The van der Waals surface area contributed by atoms with Crippen molar-refractivity contribution in [3.8, 4) is 0 Å². The molecule has 1 aliphatic rings. The van der Waals surface area contributed by atoms with E-state index < -0.39 is 0 Å². The van der Waals surface area contributed by atoms with Gasteiger partial charge in [0.2, 0.25) is 0 Å². The van der Waals surface area contributed by atoms with Crippen LogP contribution in [-0.4, -0.2) is 0 Å². The van der Waals surface area contributed by atoms with Crippen LogP contribution in [0.25, 0.3) is 0 Å². The summed E-state index contributed by atoms with van der Waals surface area (Å²) in [5.41, 5.74) is 3.34. The minimum atomic E-state index is 0.311. The summed E-state index contributed by atoms with van der Waals surface area (Å²) >= 11 is 0. The van der Waals surface area contributed by atoms with Crippen LogP contribution in [0, 0.1) is 5.41 Å². The quantitative estimate of drug-likeness (QED) is 0.485. The first kappa shape index (κ1) is 12.3. The maximum absolute atomic E-state index is 2.40. The van der Waals surface area contributed by atoms with Gasteiger partial charge in [-0.25, -0.2) is 0 Å². The maximum Gasteiger partial charge on any atom is -0.0140 e. The van der Waals surface area contributed by atoms with Crippen LogP contribution in [0.3, 0.4) is 0 Å². The van der Waals surface area contributed by atoms with Gasteiger partial charge in [-0.15, -0.1) is 0 Å². The van der Waals surface area contributed by atoms with Crippen LogP contribution in [0.2, 0.25) is 0 Å². The Balaban J connectivity index is 2.79. The van der Waals surface area contributed by atoms with Crippen molar-refractivity contribution in [2.24, 2.45) is 5.41 Å². The molecule has 84 valence electrons. The van der Waals surface area contributed by atoms with E-state index >= 15 is 0 Å². The van der Waals surface area contributed by atoms with Crippen LogP contribution in [0.15, 0.2) is 35.5 Å². The van der Waals surface area contributed by atoms with Crippen molar-refractivity contribution in [2.45, 2.75) is 53.4 Å². The second-order valence-corrected chi connectivity index (χ2v) is 5.44. The van der Waals surface area contributed by atoms with E-state index in [4.69, 9.17) is 0 Å². The van der Waals surface area contributed by atoms with E-state index in [2.05, 4.69) is 52.0 Å². The highest BCUT2D eigenvalue weighted by atomic mass is 14.2. The molecule has 0 N–H and O–H groups in total. The van der Waals surface area contributed by atoms with Crippen molar-refractivity contribution < 1.29 is 0 Å². The highest BCUT2D eigenvalue weighted by Gasteiger charge is 2.11. The van der Waals surface area contributed by atoms with E-state index in [1.807, 2.05) is 0 Å². The van der Waals surface area contributed by atoms with Crippen molar-refractivity contribution in [3.05, 3.63) is 35.5 Å². The van der Waals surface area contributed by atoms with E-state index in [-0.39, 0.29) is 0 Å². The van der Waals surface area contributed by atoms with E-state index in [0.717, 1.165) is 12.8 Å². The molecular formula is C15H24. The Morgan fingerprint density at radius 2 is 1.80 bits per heavy atom. The third-order valence-electron chi connectivity index (χ3n) is 3.02. The van der Waals surface area contributed by atoms with Gasteiger partial charge in [-0.1, -0.05) is 49.3 Å². The molecule has 0 aromatic heterocycles. The minimum Gasteiger partial charge on any atom is -0.0850 e. The summed E-state index contributed by atoms with van der Waals surface area (Å²) in [5.74, 6) is 0. The highest BCUT2D eigenvalue weighted by Crippen LogP contribution is 2.25. The van der Waals surface area contributed by atoms with Crippen LogP contribution >= 0.6 is 0 Å². The molecule has 0 nitrogen and oxygen atoms in total. The second kappa shape index (κ2) is 5.34. The van der Waals surface area contributed by atoms with Crippen LogP contribution < -0.4 is 0 Å². The van der Waals surface area contributed by atoms with Crippen molar-refractivity contribution in [1.29, 1.82) is 0 Å². The lowest BCUT2D eigenvalue weighted by Gasteiger charge is -2.18. The standard InChI is InChI=1S/C15H24/c1-13-7-5-8-14(2)10-12-15(3,4)11-6-9-13/h6-7,10-11H,5,8-9,12H2,1-4H3/b11-6+,13-7-,14-10+. The third-order valence-corrected chi connectivity index (χ3v) is 3.02. The van der Waals surface area contributed by atoms with Gasteiger partial charge in [0, 0.05) is 0 Å². The third kappa shape index (κ3) is 5.01. The van der Waals surface area contributed by atoms with E-state index in [0.29, 0.717) is 5.41 Å². The van der Waals surface area contributed by atoms with Crippen LogP contribution in [-0.2, 0) is 0 Å². The zero-order chi connectivity index (χ0) is 11.3. The lowest BCUT2D eigenvalue weighted by atomic mass is 9.87. The fourth-order valence-corrected chi connectivity index (χ4v) is 1.80. The predicted molar refractivity (Wildman–Crippen MR) is 68.9 cm³/mol. The van der Waals surface area contributed by atoms with Crippen molar-refractivity contribution in [1.82, 2.24) is 0 Å². The Hall–Kier alpha value is -0.780. The second-order valence-electron chi connectivity index (χ2n) is 5.44. The van der Waals surface area contributed by atoms with Crippen LogP contribution in [0.5, 0.6) is 0 Å². The number of allylic oxidation sites excluding steroid dienone is 6. The number of rotatable bonds is 0. The summed E-state index contributed by atoms with van der Waals surface area (Å²) in [6.45, 7) is 9.10. The van der Waals surface area contributed by atoms with E-state index in [9.17, 15) is 0 Å². The first-order chi connectivity index (χ1) is 6.99. The Labute approximate surface area is 94.8 Å². The lowest BCUT2D eigenvalue weighted by molar-refractivity contribution is 0.486. The van der Waals surface area contributed by atoms with Crippen LogP contribution in [0.1, 0.15) is 53.4 Å². The minimum absolute atomic E-state index is 0.311. The Morgan fingerprint density at radius 1 is 1.07 bits per heavy atom. The van der Waals surface area contributed by atoms with Gasteiger partial charge in [-0.2, -0.15) is 0 Å². The fourth-order valence-electron chi connectivity index (χ4n) is 1.80. The Bertz CT molecular complexity index is 287. The number of hydrogen-bond acceptors (Lipinski definition) is 0. The molecule has 0 spiro atoms. The molecule has 0 heteroatoms. The summed E-state index contributed by atoms with van der Waals surface area (Å²) in [5, 5.41) is 0. The normalized spacial score (nSPS) is 31.7. The first-order valence-corrected chi connectivity index (χ1v) is 5.98. The van der Waals surface area contributed by atoms with Crippen LogP contribution in [0.4, 0.5) is 0 Å². The topological polar surface area (TPSA) is 0 Å². The smallest absolute Gasteiger partial charge is 0.0140 e. The molecule has 0 amide bonds. The van der Waals surface area contributed by atoms with Gasteiger partial charge in [-0.05, 0) is 44.9 Å². The fraction of sp³-hybridized carbons (Fsp3) is 0.600. The Kier molecular flexibility index (Phi) is 4.38. The van der Waals surface area contributed by atoms with Gasteiger partial charge >= 0.3 is 0 Å². The summed E-state index contributed by atoms with van der Waals surface area (Å²) < 4.78 is 0. The highest BCUT2D eigenvalue weighted by molar-refractivity contribution is 5.12. The zero-order valence-corrected chi connectivity index (χ0v) is 10.6. The molecule has 0 fully saturated rings. The molecule has 1 aliphatic carbocycles. The Morgan fingerprint density at radius 3 is 2.53 bits per heavy atom. The molecule has 15 heavy (non-hydrogen) atoms. The SMILES string of the molecule is C/C1=C/CC/C(C)=C/CC(C)(C)/C=C/C1. The molecule has 0 heterocycles. The van der Waals surface area contributed by atoms with Gasteiger partial charge < -0.3 is 0 Å². The van der Waals surface area contributed by atoms with Crippen molar-refractivity contribution in [3.63, 3.8) is 0 Å². The maximum atomic E-state index is 2.40. The molecule has 0 bridgehead atoms. The van der Waals surface area contributed by atoms with Crippen molar-refractivity contribution in [2.75, 3.05) is 0 Å². The molecule has 0 atom stereocenters. The molecule has 1 rings (SSSR count). The molecule has 0 saturated carbocycles. The summed E-state index contributed by atoms with van der Waals surface area (Å²) in [6, 6.07) is 0. The van der Waals surface area contributed by atoms with Gasteiger partial charge in [0.1, 0.15) is 0 Å². The first-order valence-electron chi connectivity index (χ1n) is 5.98. The predicted octanol–water partition coefficient (Wildman–Crippen LogP) is 5.04. The molecular weight excluding hydrogens is 180 g/mol. The van der Waals surface area contributed by atoms with Crippen molar-refractivity contribution >= 4 is 0 Å². The average molecular weight is 204 g/mol. The molecule has 0 saturated heterocycles. The number of hydrogen-bond donors (Lipinski definition) is 0. The van der Waals surface area contributed by atoms with Gasteiger partial charge in [0.15, 0.2) is 0 Å². The largest absolute Gasteiger partial charge is 0.0850 e. The molecule has 0 aromatic rings. The summed E-state index contributed by atoms with van der Waals surface area (Å²) in [7, 11) is 0. The molecule has 0 aromatic carbocycles. The van der Waals surface area contributed by atoms with E-state index in [1.54, 1.807) is 0 Å². The summed E-state index contributed by atoms with van der Waals surface area (Å²) in [4.78, 5) is 0. The van der Waals surface area contributed by atoms with Gasteiger partial charge in [-0.3, -0.25) is 0 Å².